The Kier molecular flexibility index (Phi) is 3.08. The molecule has 3 aromatic rings. The maximum atomic E-state index is 13.8. The molecule has 96 valence electrons. The summed E-state index contributed by atoms with van der Waals surface area (Å²) in [7, 11) is 0. The first-order chi connectivity index (χ1) is 9.13. The van der Waals surface area contributed by atoms with E-state index < -0.39 is 0 Å². The van der Waals surface area contributed by atoms with Crippen molar-refractivity contribution in [3.05, 3.63) is 46.3 Å². The van der Waals surface area contributed by atoms with Gasteiger partial charge in [0.25, 0.3) is 0 Å². The van der Waals surface area contributed by atoms with Gasteiger partial charge in [-0.1, -0.05) is 6.07 Å². The van der Waals surface area contributed by atoms with Crippen LogP contribution in [-0.2, 0) is 0 Å². The quantitative estimate of drug-likeness (QED) is 0.705. The predicted molar refractivity (Wildman–Crippen MR) is 76.8 cm³/mol. The minimum Gasteiger partial charge on any atom is -0.337 e. The molecule has 0 aliphatic rings. The first-order valence-corrected chi connectivity index (χ1v) is 6.83. The van der Waals surface area contributed by atoms with Crippen LogP contribution in [0.2, 0.25) is 5.28 Å². The van der Waals surface area contributed by atoms with Gasteiger partial charge in [-0.2, -0.15) is 4.98 Å². The molecule has 0 bridgehead atoms. The Bertz CT molecular complexity index is 757. The molecule has 1 N–H and O–H groups in total. The van der Waals surface area contributed by atoms with E-state index in [1.54, 1.807) is 6.07 Å². The monoisotopic (exact) mass is 293 g/mol. The number of aryl methyl sites for hydroxylation is 1. The van der Waals surface area contributed by atoms with Crippen LogP contribution in [0.4, 0.5) is 15.9 Å². The summed E-state index contributed by atoms with van der Waals surface area (Å²) < 4.78 is 13.8. The summed E-state index contributed by atoms with van der Waals surface area (Å²) in [6.07, 6.45) is 0. The number of hydrogen-bond donors (Lipinski definition) is 1. The summed E-state index contributed by atoms with van der Waals surface area (Å²) in [4.78, 5) is 9.00. The van der Waals surface area contributed by atoms with Crippen LogP contribution < -0.4 is 5.32 Å². The minimum atomic E-state index is -0.321. The Labute approximate surface area is 118 Å². The van der Waals surface area contributed by atoms with Crippen molar-refractivity contribution in [2.45, 2.75) is 6.92 Å². The third-order valence-electron chi connectivity index (χ3n) is 2.68. The molecule has 3 nitrogen and oxygen atoms in total. The van der Waals surface area contributed by atoms with Crippen LogP contribution in [-0.4, -0.2) is 9.97 Å². The molecule has 1 aromatic carbocycles. The largest absolute Gasteiger partial charge is 0.337 e. The van der Waals surface area contributed by atoms with Gasteiger partial charge in [0, 0.05) is 0 Å². The average Bonchev–Trinajstić information content (AvgIpc) is 2.80. The summed E-state index contributed by atoms with van der Waals surface area (Å²) in [6, 6.07) is 6.86. The molecular formula is C13H9ClFN3S. The lowest BCUT2D eigenvalue weighted by Gasteiger charge is -2.08. The number of hydrogen-bond acceptors (Lipinski definition) is 4. The van der Waals surface area contributed by atoms with Gasteiger partial charge < -0.3 is 5.32 Å². The fourth-order valence-corrected chi connectivity index (χ4v) is 2.76. The number of rotatable bonds is 2. The number of thiophene rings is 1. The maximum Gasteiger partial charge on any atom is 0.225 e. The van der Waals surface area contributed by atoms with E-state index in [4.69, 9.17) is 11.6 Å². The summed E-state index contributed by atoms with van der Waals surface area (Å²) in [5, 5.41) is 5.83. The van der Waals surface area contributed by atoms with Crippen molar-refractivity contribution in [2.75, 3.05) is 5.32 Å². The molecule has 0 unspecified atom stereocenters. The Morgan fingerprint density at radius 1 is 1.26 bits per heavy atom. The molecule has 2 aromatic heterocycles. The molecule has 0 aliphatic heterocycles. The van der Waals surface area contributed by atoms with Gasteiger partial charge in [0.05, 0.1) is 11.1 Å². The summed E-state index contributed by atoms with van der Waals surface area (Å²) >= 11 is 7.33. The van der Waals surface area contributed by atoms with Crippen molar-refractivity contribution < 1.29 is 4.39 Å². The molecule has 0 saturated carbocycles. The van der Waals surface area contributed by atoms with Crippen LogP contribution in [0.1, 0.15) is 5.56 Å². The van der Waals surface area contributed by atoms with Crippen molar-refractivity contribution in [1.29, 1.82) is 0 Å². The molecule has 19 heavy (non-hydrogen) atoms. The summed E-state index contributed by atoms with van der Waals surface area (Å²) in [5.74, 6) is 0.192. The molecular weight excluding hydrogens is 285 g/mol. The van der Waals surface area contributed by atoms with E-state index in [2.05, 4.69) is 15.3 Å². The second kappa shape index (κ2) is 4.75. The van der Waals surface area contributed by atoms with Crippen LogP contribution in [0, 0.1) is 12.7 Å². The van der Waals surface area contributed by atoms with Crippen LogP contribution >= 0.6 is 22.9 Å². The Morgan fingerprint density at radius 3 is 2.89 bits per heavy atom. The third kappa shape index (κ3) is 2.39. The molecule has 0 amide bonds. The fourth-order valence-electron chi connectivity index (χ4n) is 1.77. The van der Waals surface area contributed by atoms with E-state index >= 15 is 0 Å². The van der Waals surface area contributed by atoms with Gasteiger partial charge in [0.1, 0.15) is 16.5 Å². The number of benzene rings is 1. The number of nitrogens with one attached hydrogen (secondary N) is 1. The molecule has 3 rings (SSSR count). The van der Waals surface area contributed by atoms with Gasteiger partial charge in [-0.25, -0.2) is 9.37 Å². The Hall–Kier alpha value is -1.72. The number of aromatic nitrogens is 2. The van der Waals surface area contributed by atoms with Crippen molar-refractivity contribution in [2.24, 2.45) is 0 Å². The van der Waals surface area contributed by atoms with E-state index in [1.165, 1.54) is 17.4 Å². The molecule has 6 heteroatoms. The van der Waals surface area contributed by atoms with E-state index in [9.17, 15) is 4.39 Å². The van der Waals surface area contributed by atoms with Gasteiger partial charge in [-0.15, -0.1) is 11.3 Å². The number of fused-ring (bicyclic) bond motifs is 1. The zero-order chi connectivity index (χ0) is 13.4. The maximum absolute atomic E-state index is 13.8. The average molecular weight is 294 g/mol. The van der Waals surface area contributed by atoms with Gasteiger partial charge in [-0.05, 0) is 47.7 Å². The van der Waals surface area contributed by atoms with Crippen LogP contribution in [0.5, 0.6) is 0 Å². The van der Waals surface area contributed by atoms with Crippen LogP contribution in [0.3, 0.4) is 0 Å². The smallest absolute Gasteiger partial charge is 0.225 e. The summed E-state index contributed by atoms with van der Waals surface area (Å²) in [6.45, 7) is 1.84. The molecule has 0 aliphatic carbocycles. The first-order valence-electron chi connectivity index (χ1n) is 5.57. The third-order valence-corrected chi connectivity index (χ3v) is 3.65. The predicted octanol–water partition coefficient (Wildman–Crippen LogP) is 4.54. The molecule has 0 atom stereocenters. The molecule has 0 saturated heterocycles. The lowest BCUT2D eigenvalue weighted by molar-refractivity contribution is 0.630. The van der Waals surface area contributed by atoms with Crippen molar-refractivity contribution in [3.63, 3.8) is 0 Å². The lowest BCUT2D eigenvalue weighted by atomic mass is 10.2. The number of nitrogens with zero attached hydrogens (tertiary/aromatic N) is 2. The molecule has 0 spiro atoms. The minimum absolute atomic E-state index is 0.143. The highest BCUT2D eigenvalue weighted by Crippen LogP contribution is 2.29. The highest BCUT2D eigenvalue weighted by molar-refractivity contribution is 7.16. The number of halogens is 2. The Balaban J connectivity index is 2.07. The van der Waals surface area contributed by atoms with Crippen molar-refractivity contribution in [3.8, 4) is 0 Å². The standard InChI is InChI=1S/C13H9ClFN3S/c1-7-2-3-10(9(15)6-7)16-11-8-4-5-19-12(8)18-13(14)17-11/h2-6H,1H3,(H,16,17,18). The van der Waals surface area contributed by atoms with Gasteiger partial charge in [0.15, 0.2) is 0 Å². The van der Waals surface area contributed by atoms with Crippen molar-refractivity contribution >= 4 is 44.7 Å². The van der Waals surface area contributed by atoms with Crippen LogP contribution in [0.15, 0.2) is 29.6 Å². The van der Waals surface area contributed by atoms with E-state index in [-0.39, 0.29) is 11.1 Å². The second-order valence-electron chi connectivity index (χ2n) is 4.09. The van der Waals surface area contributed by atoms with E-state index in [0.717, 1.165) is 15.8 Å². The normalized spacial score (nSPS) is 10.9. The van der Waals surface area contributed by atoms with Crippen LogP contribution in [0.25, 0.3) is 10.2 Å². The van der Waals surface area contributed by atoms with Gasteiger partial charge in [0.2, 0.25) is 5.28 Å². The van der Waals surface area contributed by atoms with E-state index in [0.29, 0.717) is 11.5 Å². The highest BCUT2D eigenvalue weighted by Gasteiger charge is 2.10. The zero-order valence-electron chi connectivity index (χ0n) is 9.95. The SMILES string of the molecule is Cc1ccc(Nc2nc(Cl)nc3sccc23)c(F)c1. The molecule has 0 fully saturated rings. The molecule has 2 heterocycles. The van der Waals surface area contributed by atoms with Gasteiger partial charge >= 0.3 is 0 Å². The van der Waals surface area contributed by atoms with Gasteiger partial charge in [-0.3, -0.25) is 0 Å². The summed E-state index contributed by atoms with van der Waals surface area (Å²) in [5.41, 5.74) is 1.23. The lowest BCUT2D eigenvalue weighted by Crippen LogP contribution is -1.98. The van der Waals surface area contributed by atoms with Crippen molar-refractivity contribution in [1.82, 2.24) is 9.97 Å². The second-order valence-corrected chi connectivity index (χ2v) is 5.32. The first kappa shape index (κ1) is 12.3. The van der Waals surface area contributed by atoms with E-state index in [1.807, 2.05) is 24.4 Å². The fraction of sp³-hybridized carbons (Fsp3) is 0.0769. The number of anilines is 2. The zero-order valence-corrected chi connectivity index (χ0v) is 11.5. The Morgan fingerprint density at radius 2 is 2.11 bits per heavy atom. The molecule has 0 radical (unpaired) electrons. The topological polar surface area (TPSA) is 37.8 Å². The highest BCUT2D eigenvalue weighted by atomic mass is 35.5.